The van der Waals surface area contributed by atoms with E-state index in [0.717, 1.165) is 0 Å². The maximum Gasteiger partial charge on any atom is 0.160 e. The van der Waals surface area contributed by atoms with Gasteiger partial charge in [-0.2, -0.15) is 0 Å². The van der Waals surface area contributed by atoms with Crippen LogP contribution in [0.3, 0.4) is 0 Å². The minimum absolute atomic E-state index is 0.162. The van der Waals surface area contributed by atoms with E-state index in [-0.39, 0.29) is 11.5 Å². The molecule has 0 aliphatic carbocycles. The van der Waals surface area contributed by atoms with Crippen molar-refractivity contribution in [1.29, 1.82) is 0 Å². The molecule has 1 aromatic rings. The zero-order valence-electron chi connectivity index (χ0n) is 8.63. The first-order valence-corrected chi connectivity index (χ1v) is 6.67. The lowest BCUT2D eigenvalue weighted by Crippen LogP contribution is -2.40. The van der Waals surface area contributed by atoms with Crippen molar-refractivity contribution in [3.05, 3.63) is 12.4 Å². The standard InChI is InChI=1S/C8H13N5O2S/c9-12-7-5-10-6-8(11-7)13-1-3-16(14,15)4-2-13/h5-6H,1-4,9H2,(H,11,12). The molecule has 1 aromatic heterocycles. The van der Waals surface area contributed by atoms with Crippen molar-refractivity contribution in [2.45, 2.75) is 0 Å². The molecular formula is C8H13N5O2S. The largest absolute Gasteiger partial charge is 0.353 e. The van der Waals surface area contributed by atoms with Crippen LogP contribution in [0.15, 0.2) is 12.4 Å². The van der Waals surface area contributed by atoms with Crippen molar-refractivity contribution >= 4 is 21.5 Å². The maximum atomic E-state index is 11.3. The monoisotopic (exact) mass is 243 g/mol. The van der Waals surface area contributed by atoms with Gasteiger partial charge in [-0.1, -0.05) is 0 Å². The summed E-state index contributed by atoms with van der Waals surface area (Å²) in [5.74, 6) is 6.66. The second kappa shape index (κ2) is 4.22. The van der Waals surface area contributed by atoms with Crippen molar-refractivity contribution < 1.29 is 8.42 Å². The van der Waals surface area contributed by atoms with Crippen LogP contribution in [0.2, 0.25) is 0 Å². The topological polar surface area (TPSA) is 101 Å². The van der Waals surface area contributed by atoms with Crippen LogP contribution in [0.4, 0.5) is 11.6 Å². The van der Waals surface area contributed by atoms with E-state index in [0.29, 0.717) is 24.7 Å². The summed E-state index contributed by atoms with van der Waals surface area (Å²) in [5, 5.41) is 0. The fourth-order valence-corrected chi connectivity index (χ4v) is 2.72. The van der Waals surface area contributed by atoms with Crippen LogP contribution in [0, 0.1) is 0 Å². The molecule has 0 saturated carbocycles. The minimum Gasteiger partial charge on any atom is -0.353 e. The SMILES string of the molecule is NNc1cncc(N2CCS(=O)(=O)CC2)n1. The maximum absolute atomic E-state index is 11.3. The third-order valence-corrected chi connectivity index (χ3v) is 4.05. The van der Waals surface area contributed by atoms with Gasteiger partial charge in [0.1, 0.15) is 5.82 Å². The van der Waals surface area contributed by atoms with Gasteiger partial charge in [0.15, 0.2) is 15.7 Å². The van der Waals surface area contributed by atoms with E-state index in [1.165, 1.54) is 6.20 Å². The van der Waals surface area contributed by atoms with Gasteiger partial charge in [0.2, 0.25) is 0 Å². The van der Waals surface area contributed by atoms with Crippen LogP contribution >= 0.6 is 0 Å². The molecular weight excluding hydrogens is 230 g/mol. The summed E-state index contributed by atoms with van der Waals surface area (Å²) in [6, 6.07) is 0. The number of sulfone groups is 1. The highest BCUT2D eigenvalue weighted by Gasteiger charge is 2.22. The number of nitrogen functional groups attached to an aromatic ring is 1. The molecule has 88 valence electrons. The van der Waals surface area contributed by atoms with Crippen molar-refractivity contribution in [3.63, 3.8) is 0 Å². The highest BCUT2D eigenvalue weighted by atomic mass is 32.2. The van der Waals surface area contributed by atoms with E-state index in [4.69, 9.17) is 5.84 Å². The zero-order chi connectivity index (χ0) is 11.6. The fourth-order valence-electron chi connectivity index (χ4n) is 1.52. The molecule has 1 aliphatic rings. The van der Waals surface area contributed by atoms with E-state index >= 15 is 0 Å². The molecule has 0 aromatic carbocycles. The van der Waals surface area contributed by atoms with Gasteiger partial charge in [-0.15, -0.1) is 0 Å². The number of anilines is 2. The van der Waals surface area contributed by atoms with E-state index in [1.54, 1.807) is 6.20 Å². The molecule has 0 amide bonds. The molecule has 0 atom stereocenters. The molecule has 0 bridgehead atoms. The van der Waals surface area contributed by atoms with E-state index in [2.05, 4.69) is 15.4 Å². The highest BCUT2D eigenvalue weighted by molar-refractivity contribution is 7.91. The third-order valence-electron chi connectivity index (χ3n) is 2.44. The van der Waals surface area contributed by atoms with Gasteiger partial charge in [-0.05, 0) is 0 Å². The van der Waals surface area contributed by atoms with Crippen LogP contribution in [0.1, 0.15) is 0 Å². The Bertz CT molecular complexity index is 461. The minimum atomic E-state index is -2.87. The summed E-state index contributed by atoms with van der Waals surface area (Å²) >= 11 is 0. The van der Waals surface area contributed by atoms with Crippen LogP contribution in [0.25, 0.3) is 0 Å². The summed E-state index contributed by atoms with van der Waals surface area (Å²) in [6.07, 6.45) is 3.10. The molecule has 7 nitrogen and oxygen atoms in total. The molecule has 3 N–H and O–H groups in total. The Labute approximate surface area is 93.6 Å². The lowest BCUT2D eigenvalue weighted by molar-refractivity contribution is 0.586. The molecule has 1 aliphatic heterocycles. The summed E-state index contributed by atoms with van der Waals surface area (Å²) in [4.78, 5) is 10.0. The molecule has 2 heterocycles. The molecule has 2 rings (SSSR count). The summed E-state index contributed by atoms with van der Waals surface area (Å²) in [6.45, 7) is 0.899. The molecule has 0 radical (unpaired) electrons. The molecule has 8 heteroatoms. The molecule has 1 fully saturated rings. The average Bonchev–Trinajstić information content (AvgIpc) is 2.29. The van der Waals surface area contributed by atoms with Gasteiger partial charge in [0, 0.05) is 13.1 Å². The number of hydrogen-bond acceptors (Lipinski definition) is 7. The third kappa shape index (κ3) is 2.39. The molecule has 1 saturated heterocycles. The quantitative estimate of drug-likeness (QED) is 0.507. The van der Waals surface area contributed by atoms with Gasteiger partial charge < -0.3 is 10.3 Å². The molecule has 16 heavy (non-hydrogen) atoms. The van der Waals surface area contributed by atoms with Gasteiger partial charge in [-0.3, -0.25) is 4.98 Å². The molecule has 0 unspecified atom stereocenters. The van der Waals surface area contributed by atoms with Gasteiger partial charge in [-0.25, -0.2) is 19.2 Å². The first-order valence-electron chi connectivity index (χ1n) is 4.85. The summed E-state index contributed by atoms with van der Waals surface area (Å²) in [7, 11) is -2.87. The highest BCUT2D eigenvalue weighted by Crippen LogP contribution is 2.14. The Kier molecular flexibility index (Phi) is 2.92. The average molecular weight is 243 g/mol. The Morgan fingerprint density at radius 3 is 2.62 bits per heavy atom. The Balaban J connectivity index is 2.13. The number of aromatic nitrogens is 2. The summed E-state index contributed by atoms with van der Waals surface area (Å²) < 4.78 is 22.5. The fraction of sp³-hybridized carbons (Fsp3) is 0.500. The normalized spacial score (nSPS) is 19.4. The number of hydrogen-bond donors (Lipinski definition) is 2. The molecule has 0 spiro atoms. The van der Waals surface area contributed by atoms with Crippen molar-refractivity contribution in [3.8, 4) is 0 Å². The predicted molar refractivity (Wildman–Crippen MR) is 60.7 cm³/mol. The van der Waals surface area contributed by atoms with Crippen molar-refractivity contribution in [2.75, 3.05) is 34.9 Å². The van der Waals surface area contributed by atoms with E-state index < -0.39 is 9.84 Å². The number of nitrogens with one attached hydrogen (secondary N) is 1. The number of hydrazine groups is 1. The first kappa shape index (κ1) is 11.1. The predicted octanol–water partition coefficient (Wildman–Crippen LogP) is -1.00. The lowest BCUT2D eigenvalue weighted by Gasteiger charge is -2.27. The van der Waals surface area contributed by atoms with Crippen LogP contribution < -0.4 is 16.2 Å². The number of nitrogens with two attached hydrogens (primary N) is 1. The van der Waals surface area contributed by atoms with Crippen LogP contribution in [-0.4, -0.2) is 43.0 Å². The van der Waals surface area contributed by atoms with Gasteiger partial charge >= 0.3 is 0 Å². The number of rotatable bonds is 2. The van der Waals surface area contributed by atoms with Crippen LogP contribution in [-0.2, 0) is 9.84 Å². The van der Waals surface area contributed by atoms with E-state index in [9.17, 15) is 8.42 Å². The van der Waals surface area contributed by atoms with Gasteiger partial charge in [0.25, 0.3) is 0 Å². The first-order chi connectivity index (χ1) is 7.61. The van der Waals surface area contributed by atoms with Crippen molar-refractivity contribution in [1.82, 2.24) is 9.97 Å². The van der Waals surface area contributed by atoms with Gasteiger partial charge in [0.05, 0.1) is 23.9 Å². The van der Waals surface area contributed by atoms with E-state index in [1.807, 2.05) is 4.90 Å². The van der Waals surface area contributed by atoms with Crippen molar-refractivity contribution in [2.24, 2.45) is 5.84 Å². The second-order valence-corrected chi connectivity index (χ2v) is 5.85. The Morgan fingerprint density at radius 2 is 2.00 bits per heavy atom. The number of nitrogens with zero attached hydrogens (tertiary/aromatic N) is 3. The summed E-state index contributed by atoms with van der Waals surface area (Å²) in [5.41, 5.74) is 2.40. The second-order valence-electron chi connectivity index (χ2n) is 3.55. The Hall–Kier alpha value is -1.41. The smallest absolute Gasteiger partial charge is 0.160 e. The zero-order valence-corrected chi connectivity index (χ0v) is 9.44. The van der Waals surface area contributed by atoms with Crippen LogP contribution in [0.5, 0.6) is 0 Å². The lowest BCUT2D eigenvalue weighted by atomic mass is 10.4. The Morgan fingerprint density at radius 1 is 1.31 bits per heavy atom.